The van der Waals surface area contributed by atoms with Crippen molar-refractivity contribution in [1.82, 2.24) is 0 Å². The topological polar surface area (TPSA) is 124 Å². The monoisotopic (exact) mass is 772 g/mol. The summed E-state index contributed by atoms with van der Waals surface area (Å²) in [4.78, 5) is 5.19. The Kier molecular flexibility index (Phi) is 12.8. The van der Waals surface area contributed by atoms with Crippen molar-refractivity contribution in [3.05, 3.63) is 125 Å². The molecule has 5 rings (SSSR count). The van der Waals surface area contributed by atoms with Crippen LogP contribution in [0, 0.1) is 6.92 Å². The van der Waals surface area contributed by atoms with Crippen molar-refractivity contribution in [3.63, 3.8) is 0 Å². The molecular weight excluding hydrogens is 729 g/mol. The van der Waals surface area contributed by atoms with Crippen molar-refractivity contribution in [2.75, 3.05) is 20.5 Å². The molecule has 0 radical (unpaired) electrons. The summed E-state index contributed by atoms with van der Waals surface area (Å²) < 4.78 is 46.6. The van der Waals surface area contributed by atoms with Gasteiger partial charge in [0.05, 0.1) is 0 Å². The number of hydrogen-bond donors (Lipinski definition) is 2. The lowest BCUT2D eigenvalue weighted by molar-refractivity contribution is -0.403. The summed E-state index contributed by atoms with van der Waals surface area (Å²) >= 11 is 1.02. The Morgan fingerprint density at radius 1 is 0.560 bits per heavy atom. The Morgan fingerprint density at radius 2 is 0.960 bits per heavy atom. The molecule has 268 valence electrons. The first-order chi connectivity index (χ1) is 23.9. The van der Waals surface area contributed by atoms with Crippen LogP contribution < -0.4 is 4.89 Å². The molecule has 0 spiro atoms. The van der Waals surface area contributed by atoms with E-state index in [0.717, 1.165) is 39.9 Å². The molecule has 16 heteroatoms. The van der Waals surface area contributed by atoms with Crippen LogP contribution in [0.5, 0.6) is 17.2 Å². The van der Waals surface area contributed by atoms with Gasteiger partial charge in [-0.1, -0.05) is 66.2 Å². The standard InChI is InChI=1S/C34H44O11SSi4/c1-27-7-9-30(10-8-27)25-49(37-2)43-47(5,23-28-11-17-32(35)18-12-28)42-48(6,24-29-13-19-33(36)20-14-29)44-50(38-3,45-49)26-31-15-21-34(22-16-31)39-40-41-46-4/h7-22,35-36H,23-26H2,1-6H3. The van der Waals surface area contributed by atoms with Gasteiger partial charge in [0, 0.05) is 56.7 Å². The molecule has 1 saturated heterocycles. The van der Waals surface area contributed by atoms with Gasteiger partial charge in [0.15, 0.2) is 5.75 Å². The molecule has 1 aliphatic heterocycles. The average Bonchev–Trinajstić information content (AvgIpc) is 3.08. The number of hydrogen-bond acceptors (Lipinski definition) is 12. The highest BCUT2D eigenvalue weighted by molar-refractivity contribution is 7.93. The minimum absolute atomic E-state index is 0.170. The number of aryl methyl sites for hydroxylation is 1. The van der Waals surface area contributed by atoms with E-state index < -0.39 is 34.7 Å². The van der Waals surface area contributed by atoms with E-state index in [1.54, 1.807) is 56.9 Å². The molecule has 2 N–H and O–H groups in total. The third-order valence-corrected chi connectivity index (χ3v) is 25.2. The molecule has 4 unspecified atom stereocenters. The highest BCUT2D eigenvalue weighted by atomic mass is 32.2. The summed E-state index contributed by atoms with van der Waals surface area (Å²) in [6.45, 7) is 6.07. The zero-order chi connectivity index (χ0) is 35.8. The minimum Gasteiger partial charge on any atom is -0.508 e. The van der Waals surface area contributed by atoms with Crippen LogP contribution in [0.2, 0.25) is 13.1 Å². The quantitative estimate of drug-likeness (QED) is 0.0464. The zero-order valence-electron chi connectivity index (χ0n) is 29.0. The molecule has 0 amide bonds. The van der Waals surface area contributed by atoms with Gasteiger partial charge in [0.25, 0.3) is 0 Å². The smallest absolute Gasteiger partial charge is 0.489 e. The van der Waals surface area contributed by atoms with E-state index in [0.29, 0.717) is 29.9 Å². The van der Waals surface area contributed by atoms with Crippen LogP contribution in [-0.2, 0) is 58.9 Å². The number of phenolic OH excluding ortho intramolecular Hbond substituents is 2. The van der Waals surface area contributed by atoms with Crippen LogP contribution in [0.1, 0.15) is 27.8 Å². The van der Waals surface area contributed by atoms with Crippen molar-refractivity contribution in [2.24, 2.45) is 0 Å². The third-order valence-electron chi connectivity index (χ3n) is 8.14. The lowest BCUT2D eigenvalue weighted by Crippen LogP contribution is -2.72. The van der Waals surface area contributed by atoms with Crippen molar-refractivity contribution in [3.8, 4) is 17.2 Å². The van der Waals surface area contributed by atoms with Gasteiger partial charge in [-0.2, -0.15) is 0 Å². The van der Waals surface area contributed by atoms with Crippen molar-refractivity contribution >= 4 is 46.8 Å². The SMILES string of the molecule is CO[Si]1(Cc2ccc(C)cc2)O[Si](C)(Cc2ccc(O)cc2)O[Si](C)(Cc2ccc(O)cc2)O[Si](Cc2ccc(OOOSC)cc2)(OC)O1. The lowest BCUT2D eigenvalue weighted by atomic mass is 10.2. The van der Waals surface area contributed by atoms with E-state index >= 15 is 0 Å². The average molecular weight is 773 g/mol. The van der Waals surface area contributed by atoms with Crippen molar-refractivity contribution in [2.45, 2.75) is 44.2 Å². The summed E-state index contributed by atoms with van der Waals surface area (Å²) in [6, 6.07) is 31.1. The first-order valence-corrected chi connectivity index (χ1v) is 26.1. The third kappa shape index (κ3) is 10.4. The molecule has 11 nitrogen and oxygen atoms in total. The normalized spacial score (nSPS) is 25.5. The molecule has 4 atom stereocenters. The van der Waals surface area contributed by atoms with E-state index in [9.17, 15) is 10.2 Å². The largest absolute Gasteiger partial charge is 0.508 e. The minimum atomic E-state index is -3.72. The molecular formula is C34H44O11SSi4. The molecule has 50 heavy (non-hydrogen) atoms. The first kappa shape index (κ1) is 38.4. The summed E-state index contributed by atoms with van der Waals surface area (Å²) in [5.41, 5.74) is 4.87. The van der Waals surface area contributed by atoms with E-state index in [1.807, 2.05) is 56.4 Å². The maximum atomic E-state index is 10.0. The maximum Gasteiger partial charge on any atom is 0.489 e. The van der Waals surface area contributed by atoms with Gasteiger partial charge in [-0.25, -0.2) is 0 Å². The van der Waals surface area contributed by atoms with Crippen LogP contribution in [0.4, 0.5) is 0 Å². The van der Waals surface area contributed by atoms with Gasteiger partial charge < -0.3 is 40.4 Å². The highest BCUT2D eigenvalue weighted by Crippen LogP contribution is 2.37. The van der Waals surface area contributed by atoms with Gasteiger partial charge in [0.2, 0.25) is 0 Å². The van der Waals surface area contributed by atoms with Crippen LogP contribution >= 0.6 is 12.0 Å². The first-order valence-electron chi connectivity index (χ1n) is 16.0. The Bertz CT molecular complexity index is 1670. The van der Waals surface area contributed by atoms with Gasteiger partial charge in [-0.05, 0) is 83.7 Å². The molecule has 4 aromatic carbocycles. The van der Waals surface area contributed by atoms with Gasteiger partial charge in [-0.15, -0.1) is 4.33 Å². The van der Waals surface area contributed by atoms with Crippen LogP contribution in [0.25, 0.3) is 0 Å². The molecule has 0 bridgehead atoms. The van der Waals surface area contributed by atoms with Crippen molar-refractivity contribution in [1.29, 1.82) is 0 Å². The second kappa shape index (κ2) is 16.7. The van der Waals surface area contributed by atoms with E-state index in [-0.39, 0.29) is 11.5 Å². The summed E-state index contributed by atoms with van der Waals surface area (Å²) in [5.74, 6) is 0.794. The molecule has 4 aromatic rings. The maximum absolute atomic E-state index is 10.0. The number of aromatic hydroxyl groups is 2. The lowest BCUT2D eigenvalue weighted by Gasteiger charge is -2.49. The summed E-state index contributed by atoms with van der Waals surface area (Å²) in [5, 5.41) is 24.7. The summed E-state index contributed by atoms with van der Waals surface area (Å²) in [6.07, 6.45) is 1.71. The van der Waals surface area contributed by atoms with E-state index in [1.165, 1.54) is 0 Å². The number of phenols is 2. The second-order valence-corrected chi connectivity index (χ2v) is 25.7. The van der Waals surface area contributed by atoms with Crippen molar-refractivity contribution < 1.29 is 49.8 Å². The fraction of sp³-hybridized carbons (Fsp3) is 0.294. The number of benzene rings is 4. The molecule has 0 saturated carbocycles. The Morgan fingerprint density at radius 3 is 1.38 bits per heavy atom. The predicted molar refractivity (Wildman–Crippen MR) is 198 cm³/mol. The highest BCUT2D eigenvalue weighted by Gasteiger charge is 2.63. The Balaban J connectivity index is 1.59. The zero-order valence-corrected chi connectivity index (χ0v) is 33.9. The van der Waals surface area contributed by atoms with Gasteiger partial charge in [0.1, 0.15) is 11.5 Å². The van der Waals surface area contributed by atoms with Crippen LogP contribution in [0.3, 0.4) is 0 Å². The fourth-order valence-corrected chi connectivity index (χ4v) is 26.4. The summed E-state index contributed by atoms with van der Waals surface area (Å²) in [7, 11) is -10.7. The predicted octanol–water partition coefficient (Wildman–Crippen LogP) is 6.75. The Hall–Kier alpha value is -2.82. The second-order valence-electron chi connectivity index (χ2n) is 12.5. The fourth-order valence-electron chi connectivity index (χ4n) is 5.95. The Labute approximate surface area is 302 Å². The van der Waals surface area contributed by atoms with Gasteiger partial charge in [-0.3, -0.25) is 0 Å². The van der Waals surface area contributed by atoms with E-state index in [2.05, 4.69) is 24.3 Å². The van der Waals surface area contributed by atoms with Crippen LogP contribution in [-0.4, -0.2) is 65.4 Å². The molecule has 1 fully saturated rings. The number of rotatable bonds is 14. The molecule has 1 heterocycles. The molecule has 1 aliphatic rings. The van der Waals surface area contributed by atoms with Crippen LogP contribution in [0.15, 0.2) is 97.1 Å². The molecule has 0 aliphatic carbocycles. The molecule has 0 aromatic heterocycles. The van der Waals surface area contributed by atoms with Gasteiger partial charge >= 0.3 is 34.7 Å². The van der Waals surface area contributed by atoms with E-state index in [4.69, 9.17) is 39.6 Å².